The highest BCUT2D eigenvalue weighted by Crippen LogP contribution is 2.10. The molecule has 0 aliphatic rings. The number of aromatic nitrogens is 1. The zero-order valence-corrected chi connectivity index (χ0v) is 11.6. The molecule has 1 rings (SSSR count). The Hall–Kier alpha value is -0.930. The van der Waals surface area contributed by atoms with Gasteiger partial charge in [-0.05, 0) is 18.6 Å². The van der Waals surface area contributed by atoms with E-state index in [1.54, 1.807) is 0 Å². The van der Waals surface area contributed by atoms with E-state index >= 15 is 0 Å². The van der Waals surface area contributed by atoms with E-state index in [0.29, 0.717) is 6.04 Å². The van der Waals surface area contributed by atoms with Gasteiger partial charge < -0.3 is 0 Å². The van der Waals surface area contributed by atoms with E-state index in [1.165, 1.54) is 38.5 Å². The highest BCUT2D eigenvalue weighted by atomic mass is 15.2. The third kappa shape index (κ3) is 6.72. The van der Waals surface area contributed by atoms with Gasteiger partial charge in [0.05, 0.1) is 0 Å². The number of nitrogens with one attached hydrogen (secondary N) is 1. The number of nitrogens with two attached hydrogens (primary N) is 1. The standard InChI is InChI=1S/C15H27N3/c1-2-3-4-5-6-7-11-15(18-16)13-14-10-8-9-12-17-14/h8-10,12,15,18H,2-7,11,13,16H2,1H3. The summed E-state index contributed by atoms with van der Waals surface area (Å²) in [5.41, 5.74) is 4.03. The van der Waals surface area contributed by atoms with Crippen LogP contribution in [0.25, 0.3) is 0 Å². The molecule has 0 bridgehead atoms. The van der Waals surface area contributed by atoms with Crippen molar-refractivity contribution in [3.8, 4) is 0 Å². The number of pyridine rings is 1. The van der Waals surface area contributed by atoms with E-state index in [2.05, 4.69) is 23.4 Å². The van der Waals surface area contributed by atoms with Crippen molar-refractivity contribution < 1.29 is 0 Å². The number of rotatable bonds is 10. The van der Waals surface area contributed by atoms with E-state index < -0.39 is 0 Å². The fourth-order valence-electron chi connectivity index (χ4n) is 2.19. The van der Waals surface area contributed by atoms with Crippen molar-refractivity contribution in [3.63, 3.8) is 0 Å². The van der Waals surface area contributed by atoms with Crippen LogP contribution >= 0.6 is 0 Å². The zero-order valence-electron chi connectivity index (χ0n) is 11.6. The number of hydrogen-bond donors (Lipinski definition) is 2. The van der Waals surface area contributed by atoms with Gasteiger partial charge in [-0.3, -0.25) is 16.3 Å². The largest absolute Gasteiger partial charge is 0.271 e. The van der Waals surface area contributed by atoms with Crippen LogP contribution in [0, 0.1) is 0 Å². The van der Waals surface area contributed by atoms with Crippen molar-refractivity contribution in [2.75, 3.05) is 0 Å². The van der Waals surface area contributed by atoms with Crippen LogP contribution in [-0.2, 0) is 6.42 Å². The zero-order chi connectivity index (χ0) is 13.1. The minimum Gasteiger partial charge on any atom is -0.271 e. The van der Waals surface area contributed by atoms with Gasteiger partial charge in [0, 0.05) is 24.4 Å². The lowest BCUT2D eigenvalue weighted by atomic mass is 10.0. The molecule has 0 saturated carbocycles. The van der Waals surface area contributed by atoms with Crippen molar-refractivity contribution in [2.24, 2.45) is 5.84 Å². The summed E-state index contributed by atoms with van der Waals surface area (Å²) >= 11 is 0. The van der Waals surface area contributed by atoms with Gasteiger partial charge in [-0.15, -0.1) is 0 Å². The molecule has 1 unspecified atom stereocenters. The molecule has 0 saturated heterocycles. The normalized spacial score (nSPS) is 12.6. The first-order valence-corrected chi connectivity index (χ1v) is 7.22. The van der Waals surface area contributed by atoms with Crippen molar-refractivity contribution in [3.05, 3.63) is 30.1 Å². The predicted octanol–water partition coefficient (Wildman–Crippen LogP) is 3.21. The van der Waals surface area contributed by atoms with Gasteiger partial charge in [0.15, 0.2) is 0 Å². The van der Waals surface area contributed by atoms with Crippen molar-refractivity contribution in [1.29, 1.82) is 0 Å². The van der Waals surface area contributed by atoms with Crippen LogP contribution in [-0.4, -0.2) is 11.0 Å². The van der Waals surface area contributed by atoms with Gasteiger partial charge in [-0.25, -0.2) is 0 Å². The van der Waals surface area contributed by atoms with Crippen LogP contribution in [0.5, 0.6) is 0 Å². The van der Waals surface area contributed by atoms with E-state index in [1.807, 2.05) is 18.3 Å². The van der Waals surface area contributed by atoms with Crippen LogP contribution in [0.1, 0.15) is 57.6 Å². The highest BCUT2D eigenvalue weighted by molar-refractivity contribution is 5.05. The monoisotopic (exact) mass is 249 g/mol. The lowest BCUT2D eigenvalue weighted by Gasteiger charge is -2.15. The summed E-state index contributed by atoms with van der Waals surface area (Å²) in [5.74, 6) is 5.61. The summed E-state index contributed by atoms with van der Waals surface area (Å²) in [7, 11) is 0. The molecular formula is C15H27N3. The molecule has 3 heteroatoms. The van der Waals surface area contributed by atoms with Crippen LogP contribution < -0.4 is 11.3 Å². The molecule has 18 heavy (non-hydrogen) atoms. The van der Waals surface area contributed by atoms with Gasteiger partial charge in [0.1, 0.15) is 0 Å². The van der Waals surface area contributed by atoms with E-state index in [9.17, 15) is 0 Å². The molecule has 0 amide bonds. The Morgan fingerprint density at radius 2 is 1.94 bits per heavy atom. The van der Waals surface area contributed by atoms with Crippen molar-refractivity contribution in [2.45, 2.75) is 64.3 Å². The number of hydrazine groups is 1. The lowest BCUT2D eigenvalue weighted by molar-refractivity contribution is 0.456. The molecule has 1 aromatic rings. The molecule has 0 fully saturated rings. The number of unbranched alkanes of at least 4 members (excludes halogenated alkanes) is 5. The molecule has 0 aliphatic carbocycles. The summed E-state index contributed by atoms with van der Waals surface area (Å²) in [6.45, 7) is 2.25. The van der Waals surface area contributed by atoms with Gasteiger partial charge in [0.2, 0.25) is 0 Å². The lowest BCUT2D eigenvalue weighted by Crippen LogP contribution is -2.36. The fraction of sp³-hybridized carbons (Fsp3) is 0.667. The Morgan fingerprint density at radius 3 is 2.61 bits per heavy atom. The summed E-state index contributed by atoms with van der Waals surface area (Å²) in [6.07, 6.45) is 11.9. The minimum absolute atomic E-state index is 0.353. The SMILES string of the molecule is CCCCCCCCC(Cc1ccccn1)NN. The number of nitrogens with zero attached hydrogens (tertiary/aromatic N) is 1. The maximum absolute atomic E-state index is 5.61. The van der Waals surface area contributed by atoms with E-state index in [4.69, 9.17) is 5.84 Å². The molecule has 0 aromatic carbocycles. The maximum Gasteiger partial charge on any atom is 0.0419 e. The summed E-state index contributed by atoms with van der Waals surface area (Å²) < 4.78 is 0. The first kappa shape index (κ1) is 15.1. The van der Waals surface area contributed by atoms with Gasteiger partial charge >= 0.3 is 0 Å². The van der Waals surface area contributed by atoms with Crippen LogP contribution in [0.4, 0.5) is 0 Å². The van der Waals surface area contributed by atoms with E-state index in [-0.39, 0.29) is 0 Å². The molecule has 1 heterocycles. The van der Waals surface area contributed by atoms with Gasteiger partial charge in [-0.1, -0.05) is 51.5 Å². The molecule has 1 aromatic heterocycles. The third-order valence-electron chi connectivity index (χ3n) is 3.32. The average molecular weight is 249 g/mol. The van der Waals surface area contributed by atoms with Gasteiger partial charge in [0.25, 0.3) is 0 Å². The molecule has 0 aliphatic heterocycles. The summed E-state index contributed by atoms with van der Waals surface area (Å²) in [6, 6.07) is 6.39. The second kappa shape index (κ2) is 10.0. The topological polar surface area (TPSA) is 50.9 Å². The molecule has 3 N–H and O–H groups in total. The molecular weight excluding hydrogens is 222 g/mol. The molecule has 1 atom stereocenters. The third-order valence-corrected chi connectivity index (χ3v) is 3.32. The van der Waals surface area contributed by atoms with Crippen molar-refractivity contribution >= 4 is 0 Å². The second-order valence-electron chi connectivity index (χ2n) is 4.95. The fourth-order valence-corrected chi connectivity index (χ4v) is 2.19. The highest BCUT2D eigenvalue weighted by Gasteiger charge is 2.07. The van der Waals surface area contributed by atoms with E-state index in [0.717, 1.165) is 18.5 Å². The van der Waals surface area contributed by atoms with Crippen molar-refractivity contribution in [1.82, 2.24) is 10.4 Å². The summed E-state index contributed by atoms with van der Waals surface area (Å²) in [5, 5.41) is 0. The molecule has 3 nitrogen and oxygen atoms in total. The Kier molecular flexibility index (Phi) is 8.43. The Morgan fingerprint density at radius 1 is 1.17 bits per heavy atom. The molecule has 102 valence electrons. The molecule has 0 spiro atoms. The van der Waals surface area contributed by atoms with Crippen LogP contribution in [0.3, 0.4) is 0 Å². The minimum atomic E-state index is 0.353. The molecule has 0 radical (unpaired) electrons. The van der Waals surface area contributed by atoms with Crippen LogP contribution in [0.15, 0.2) is 24.4 Å². The quantitative estimate of drug-likeness (QED) is 0.380. The van der Waals surface area contributed by atoms with Gasteiger partial charge in [-0.2, -0.15) is 0 Å². The average Bonchev–Trinajstić information content (AvgIpc) is 2.42. The first-order valence-electron chi connectivity index (χ1n) is 7.22. The Labute approximate surface area is 111 Å². The Balaban J connectivity index is 2.14. The second-order valence-corrected chi connectivity index (χ2v) is 4.95. The Bertz CT molecular complexity index is 287. The summed E-state index contributed by atoms with van der Waals surface area (Å²) in [4.78, 5) is 4.34. The predicted molar refractivity (Wildman–Crippen MR) is 77.0 cm³/mol. The maximum atomic E-state index is 5.61. The number of hydrogen-bond acceptors (Lipinski definition) is 3. The smallest absolute Gasteiger partial charge is 0.0419 e. The van der Waals surface area contributed by atoms with Crippen LogP contribution in [0.2, 0.25) is 0 Å². The first-order chi connectivity index (χ1) is 8.86.